The number of aromatic nitrogens is 1. The third-order valence-electron chi connectivity index (χ3n) is 4.38. The predicted octanol–water partition coefficient (Wildman–Crippen LogP) is 3.78. The first-order valence-electron chi connectivity index (χ1n) is 8.21. The quantitative estimate of drug-likeness (QED) is 0.857. The molecule has 1 heterocycles. The molecule has 25 heavy (non-hydrogen) atoms. The van der Waals surface area contributed by atoms with Crippen molar-refractivity contribution < 1.29 is 13.2 Å². The van der Waals surface area contributed by atoms with E-state index in [4.69, 9.17) is 0 Å². The lowest BCUT2D eigenvalue weighted by Crippen LogP contribution is -2.38. The summed E-state index contributed by atoms with van der Waals surface area (Å²) in [5, 5.41) is 5.17. The Bertz CT molecular complexity index is 811. The monoisotopic (exact) mass is 379 g/mol. The van der Waals surface area contributed by atoms with Gasteiger partial charge in [0.05, 0.1) is 4.90 Å². The lowest BCUT2D eigenvalue weighted by molar-refractivity contribution is 0.255. The maximum atomic E-state index is 12.7. The van der Waals surface area contributed by atoms with Crippen molar-refractivity contribution in [1.82, 2.24) is 4.98 Å². The Morgan fingerprint density at radius 1 is 1.28 bits per heavy atom. The Kier molecular flexibility index (Phi) is 5.39. The van der Waals surface area contributed by atoms with E-state index in [1.807, 2.05) is 0 Å². The van der Waals surface area contributed by atoms with E-state index in [-0.39, 0.29) is 10.9 Å². The van der Waals surface area contributed by atoms with Gasteiger partial charge in [0.2, 0.25) is 0 Å². The van der Waals surface area contributed by atoms with Crippen LogP contribution in [-0.4, -0.2) is 32.2 Å². The van der Waals surface area contributed by atoms with Crippen LogP contribution in [-0.2, 0) is 9.84 Å². The summed E-state index contributed by atoms with van der Waals surface area (Å²) in [7, 11) is -3.26. The van der Waals surface area contributed by atoms with Crippen LogP contribution in [0, 0.1) is 5.92 Å². The summed E-state index contributed by atoms with van der Waals surface area (Å²) in [6.07, 6.45) is 7.43. The SMILES string of the molecule is CS(=O)(=O)c1ccc(N(CC2CCCC2)C(=O)Nc2nccs2)cc1. The molecular formula is C17H21N3O3S2. The Hall–Kier alpha value is -1.93. The number of urea groups is 1. The van der Waals surface area contributed by atoms with E-state index < -0.39 is 9.84 Å². The molecule has 1 aromatic heterocycles. The van der Waals surface area contributed by atoms with Gasteiger partial charge in [-0.25, -0.2) is 18.2 Å². The number of carbonyl (C=O) groups excluding carboxylic acids is 1. The van der Waals surface area contributed by atoms with Gasteiger partial charge in [0.1, 0.15) is 0 Å². The zero-order valence-electron chi connectivity index (χ0n) is 14.0. The first-order valence-corrected chi connectivity index (χ1v) is 11.0. The van der Waals surface area contributed by atoms with Crippen molar-refractivity contribution in [3.05, 3.63) is 35.8 Å². The van der Waals surface area contributed by atoms with Crippen molar-refractivity contribution in [2.45, 2.75) is 30.6 Å². The lowest BCUT2D eigenvalue weighted by Gasteiger charge is -2.26. The molecule has 1 fully saturated rings. The van der Waals surface area contributed by atoms with E-state index in [9.17, 15) is 13.2 Å². The fourth-order valence-electron chi connectivity index (χ4n) is 3.07. The Balaban J connectivity index is 1.83. The molecule has 1 aromatic carbocycles. The number of carbonyl (C=O) groups is 1. The summed E-state index contributed by atoms with van der Waals surface area (Å²) in [4.78, 5) is 18.8. The predicted molar refractivity (Wildman–Crippen MR) is 100.0 cm³/mol. The van der Waals surface area contributed by atoms with Gasteiger partial charge in [-0.2, -0.15) is 0 Å². The number of anilines is 2. The van der Waals surface area contributed by atoms with Gasteiger partial charge >= 0.3 is 6.03 Å². The Morgan fingerprint density at radius 2 is 1.96 bits per heavy atom. The third-order valence-corrected chi connectivity index (χ3v) is 6.20. The summed E-state index contributed by atoms with van der Waals surface area (Å²) >= 11 is 1.36. The molecule has 0 unspecified atom stereocenters. The highest BCUT2D eigenvalue weighted by molar-refractivity contribution is 7.90. The standard InChI is InChI=1S/C17H21N3O3S2/c1-25(22,23)15-8-6-14(7-9-15)20(12-13-4-2-3-5-13)17(21)19-16-18-10-11-24-16/h6-11,13H,2-5,12H2,1H3,(H,18,19,21). The van der Waals surface area contributed by atoms with Crippen molar-refractivity contribution in [3.8, 4) is 0 Å². The maximum absolute atomic E-state index is 12.7. The first-order chi connectivity index (χ1) is 11.9. The molecular weight excluding hydrogens is 358 g/mol. The summed E-state index contributed by atoms with van der Waals surface area (Å²) in [5.74, 6) is 0.469. The van der Waals surface area contributed by atoms with E-state index in [2.05, 4.69) is 10.3 Å². The zero-order chi connectivity index (χ0) is 17.9. The maximum Gasteiger partial charge on any atom is 0.328 e. The molecule has 0 spiro atoms. The molecule has 1 saturated carbocycles. The molecule has 2 aromatic rings. The van der Waals surface area contributed by atoms with Crippen molar-refractivity contribution in [1.29, 1.82) is 0 Å². The molecule has 2 amide bonds. The molecule has 134 valence electrons. The van der Waals surface area contributed by atoms with E-state index in [0.717, 1.165) is 12.8 Å². The molecule has 1 aliphatic rings. The average Bonchev–Trinajstić information content (AvgIpc) is 3.25. The van der Waals surface area contributed by atoms with Crippen LogP contribution < -0.4 is 10.2 Å². The van der Waals surface area contributed by atoms with Crippen LogP contribution in [0.5, 0.6) is 0 Å². The zero-order valence-corrected chi connectivity index (χ0v) is 15.6. The minimum absolute atomic E-state index is 0.242. The first kappa shape index (κ1) is 17.9. The topological polar surface area (TPSA) is 79.4 Å². The fraction of sp³-hybridized carbons (Fsp3) is 0.412. The highest BCUT2D eigenvalue weighted by Gasteiger charge is 2.24. The third kappa shape index (κ3) is 4.58. The van der Waals surface area contributed by atoms with Crippen LogP contribution in [0.25, 0.3) is 0 Å². The molecule has 0 radical (unpaired) electrons. The van der Waals surface area contributed by atoms with Gasteiger partial charge in [-0.15, -0.1) is 11.3 Å². The molecule has 3 rings (SSSR count). The van der Waals surface area contributed by atoms with Crippen molar-refractivity contribution in [2.75, 3.05) is 23.0 Å². The number of thiazole rings is 1. The van der Waals surface area contributed by atoms with Crippen LogP contribution in [0.15, 0.2) is 40.7 Å². The summed E-state index contributed by atoms with van der Waals surface area (Å²) in [6.45, 7) is 0.620. The van der Waals surface area contributed by atoms with Gasteiger partial charge in [0, 0.05) is 30.1 Å². The number of hydrogen-bond acceptors (Lipinski definition) is 5. The van der Waals surface area contributed by atoms with Crippen LogP contribution in [0.1, 0.15) is 25.7 Å². The van der Waals surface area contributed by atoms with Crippen LogP contribution >= 0.6 is 11.3 Å². The van der Waals surface area contributed by atoms with Gasteiger partial charge in [0.25, 0.3) is 0 Å². The van der Waals surface area contributed by atoms with E-state index in [1.54, 1.807) is 40.7 Å². The average molecular weight is 380 g/mol. The minimum Gasteiger partial charge on any atom is -0.294 e. The number of nitrogens with one attached hydrogen (secondary N) is 1. The van der Waals surface area contributed by atoms with Gasteiger partial charge in [-0.1, -0.05) is 12.8 Å². The second kappa shape index (κ2) is 7.53. The molecule has 0 bridgehead atoms. The molecule has 0 atom stereocenters. The summed E-state index contributed by atoms with van der Waals surface area (Å²) in [6, 6.07) is 6.22. The van der Waals surface area contributed by atoms with E-state index in [0.29, 0.717) is 23.3 Å². The van der Waals surface area contributed by atoms with Gasteiger partial charge in [-0.05, 0) is 43.0 Å². The van der Waals surface area contributed by atoms with Crippen LogP contribution in [0.2, 0.25) is 0 Å². The lowest BCUT2D eigenvalue weighted by atomic mass is 10.1. The second-order valence-corrected chi connectivity index (χ2v) is 9.20. The van der Waals surface area contributed by atoms with Gasteiger partial charge in [0.15, 0.2) is 15.0 Å². The smallest absolute Gasteiger partial charge is 0.294 e. The fourth-order valence-corrected chi connectivity index (χ4v) is 4.22. The van der Waals surface area contributed by atoms with Gasteiger partial charge in [-0.3, -0.25) is 10.2 Å². The van der Waals surface area contributed by atoms with E-state index >= 15 is 0 Å². The largest absolute Gasteiger partial charge is 0.328 e. The van der Waals surface area contributed by atoms with Crippen molar-refractivity contribution >= 4 is 38.0 Å². The highest BCUT2D eigenvalue weighted by atomic mass is 32.2. The number of nitrogens with zero attached hydrogens (tertiary/aromatic N) is 2. The van der Waals surface area contributed by atoms with E-state index in [1.165, 1.54) is 30.4 Å². The minimum atomic E-state index is -3.26. The molecule has 6 nitrogen and oxygen atoms in total. The van der Waals surface area contributed by atoms with Crippen molar-refractivity contribution in [2.24, 2.45) is 5.92 Å². The number of sulfone groups is 1. The normalized spacial score (nSPS) is 15.2. The van der Waals surface area contributed by atoms with Crippen molar-refractivity contribution in [3.63, 3.8) is 0 Å². The Morgan fingerprint density at radius 3 is 2.52 bits per heavy atom. The molecule has 1 N–H and O–H groups in total. The summed E-state index contributed by atoms with van der Waals surface area (Å²) in [5.41, 5.74) is 0.688. The number of rotatable bonds is 5. The highest BCUT2D eigenvalue weighted by Crippen LogP contribution is 2.28. The Labute approximate surface area is 151 Å². The molecule has 0 aliphatic heterocycles. The molecule has 8 heteroatoms. The number of hydrogen-bond donors (Lipinski definition) is 1. The molecule has 0 saturated heterocycles. The number of benzene rings is 1. The van der Waals surface area contributed by atoms with Gasteiger partial charge < -0.3 is 0 Å². The molecule has 1 aliphatic carbocycles. The van der Waals surface area contributed by atoms with Crippen LogP contribution in [0.3, 0.4) is 0 Å². The summed E-state index contributed by atoms with van der Waals surface area (Å²) < 4.78 is 23.3. The number of amides is 2. The van der Waals surface area contributed by atoms with Crippen LogP contribution in [0.4, 0.5) is 15.6 Å². The second-order valence-electron chi connectivity index (χ2n) is 6.29.